The Kier molecular flexibility index (Phi) is 6.22. The van der Waals surface area contributed by atoms with Crippen LogP contribution in [0.1, 0.15) is 28.2 Å². The maximum absolute atomic E-state index is 12.7. The van der Waals surface area contributed by atoms with E-state index in [-0.39, 0.29) is 18.0 Å². The Balaban J connectivity index is 1.46. The molecule has 1 saturated heterocycles. The molecule has 150 valence electrons. The number of hydrogen-bond acceptors (Lipinski definition) is 5. The number of aromatic nitrogens is 1. The molecule has 1 N–H and O–H groups in total. The second kappa shape index (κ2) is 9.20. The first-order valence-electron chi connectivity index (χ1n) is 10.0. The van der Waals surface area contributed by atoms with Crippen molar-refractivity contribution in [1.82, 2.24) is 15.2 Å². The average Bonchev–Trinajstić information content (AvgIpc) is 3.30. The summed E-state index contributed by atoms with van der Waals surface area (Å²) in [5.74, 6) is -0.0740. The first-order valence-corrected chi connectivity index (χ1v) is 10.9. The Labute approximate surface area is 176 Å². The van der Waals surface area contributed by atoms with Crippen LogP contribution < -0.4 is 10.2 Å². The second-order valence-corrected chi connectivity index (χ2v) is 8.30. The van der Waals surface area contributed by atoms with Gasteiger partial charge in [0.05, 0.1) is 11.6 Å². The van der Waals surface area contributed by atoms with Crippen LogP contribution in [0.2, 0.25) is 0 Å². The molecule has 3 aromatic rings. The average molecular weight is 407 g/mol. The van der Waals surface area contributed by atoms with Gasteiger partial charge in [-0.2, -0.15) is 0 Å². The zero-order valence-corrected chi connectivity index (χ0v) is 17.4. The van der Waals surface area contributed by atoms with Gasteiger partial charge in [0, 0.05) is 55.2 Å². The number of thiophene rings is 1. The lowest BCUT2D eigenvalue weighted by molar-refractivity contribution is 0.0890. The molecule has 1 fully saturated rings. The van der Waals surface area contributed by atoms with Gasteiger partial charge in [0.25, 0.3) is 5.91 Å². The molecular weight excluding hydrogens is 380 g/mol. The van der Waals surface area contributed by atoms with Crippen LogP contribution in [-0.2, 0) is 0 Å². The van der Waals surface area contributed by atoms with Crippen molar-refractivity contribution in [2.45, 2.75) is 19.0 Å². The molecule has 2 aromatic heterocycles. The van der Waals surface area contributed by atoms with E-state index < -0.39 is 0 Å². The van der Waals surface area contributed by atoms with Gasteiger partial charge >= 0.3 is 0 Å². The van der Waals surface area contributed by atoms with E-state index in [9.17, 15) is 4.79 Å². The number of amides is 1. The highest BCUT2D eigenvalue weighted by atomic mass is 32.1. The van der Waals surface area contributed by atoms with Crippen LogP contribution in [0, 0.1) is 0 Å². The third-order valence-corrected chi connectivity index (χ3v) is 6.36. The number of para-hydroxylation sites is 1. The van der Waals surface area contributed by atoms with Crippen molar-refractivity contribution in [3.8, 4) is 0 Å². The first kappa shape index (κ1) is 19.6. The normalized spacial score (nSPS) is 16.9. The van der Waals surface area contributed by atoms with Crippen LogP contribution in [0.4, 0.5) is 5.69 Å². The summed E-state index contributed by atoms with van der Waals surface area (Å²) in [7, 11) is 0. The number of carbonyl (C=O) groups is 1. The summed E-state index contributed by atoms with van der Waals surface area (Å²) >= 11 is 1.75. The van der Waals surface area contributed by atoms with Crippen molar-refractivity contribution in [2.24, 2.45) is 0 Å². The van der Waals surface area contributed by atoms with Crippen molar-refractivity contribution in [1.29, 1.82) is 0 Å². The highest BCUT2D eigenvalue weighted by Crippen LogP contribution is 2.30. The Bertz CT molecular complexity index is 893. The molecule has 0 unspecified atom stereocenters. The van der Waals surface area contributed by atoms with E-state index in [1.54, 1.807) is 35.9 Å². The minimum atomic E-state index is -0.0740. The number of carbonyl (C=O) groups excluding carboxylic acids is 1. The van der Waals surface area contributed by atoms with Crippen LogP contribution >= 0.6 is 11.3 Å². The molecule has 5 nitrogen and oxygen atoms in total. The number of anilines is 1. The zero-order valence-electron chi connectivity index (χ0n) is 16.6. The number of benzene rings is 1. The molecular formula is C23H26N4OS. The molecule has 1 aliphatic rings. The number of rotatable bonds is 6. The Morgan fingerprint density at radius 2 is 1.83 bits per heavy atom. The Hall–Kier alpha value is -2.70. The van der Waals surface area contributed by atoms with Crippen molar-refractivity contribution in [3.05, 3.63) is 82.8 Å². The third-order valence-electron chi connectivity index (χ3n) is 5.42. The lowest BCUT2D eigenvalue weighted by Crippen LogP contribution is -2.52. The quantitative estimate of drug-likeness (QED) is 0.676. The summed E-state index contributed by atoms with van der Waals surface area (Å²) in [5.41, 5.74) is 1.87. The molecule has 0 aliphatic carbocycles. The number of pyridine rings is 1. The lowest BCUT2D eigenvalue weighted by atomic mass is 10.0. The van der Waals surface area contributed by atoms with Gasteiger partial charge in [-0.1, -0.05) is 24.3 Å². The predicted octanol–water partition coefficient (Wildman–Crippen LogP) is 3.82. The molecule has 1 amide bonds. The van der Waals surface area contributed by atoms with Crippen LogP contribution in [0.15, 0.2) is 72.4 Å². The van der Waals surface area contributed by atoms with E-state index in [1.807, 2.05) is 0 Å². The van der Waals surface area contributed by atoms with Gasteiger partial charge in [-0.25, -0.2) is 0 Å². The molecule has 4 rings (SSSR count). The van der Waals surface area contributed by atoms with Crippen molar-refractivity contribution in [3.63, 3.8) is 0 Å². The Morgan fingerprint density at radius 1 is 1.03 bits per heavy atom. The zero-order chi connectivity index (χ0) is 20.1. The van der Waals surface area contributed by atoms with Gasteiger partial charge < -0.3 is 10.2 Å². The van der Waals surface area contributed by atoms with E-state index in [2.05, 4.69) is 74.9 Å². The standard InChI is InChI=1S/C23H26N4OS/c1-18(25-23(28)19-7-5-11-24-17-19)22(21-10-6-16-29-21)27-14-12-26(13-15-27)20-8-3-2-4-9-20/h2-11,16-18,22H,12-15H2,1H3,(H,25,28)/t18-,22-/m0/s1. The summed E-state index contributed by atoms with van der Waals surface area (Å²) in [6, 6.07) is 18.6. The molecule has 1 aromatic carbocycles. The highest BCUT2D eigenvalue weighted by molar-refractivity contribution is 7.10. The number of hydrogen-bond donors (Lipinski definition) is 1. The van der Waals surface area contributed by atoms with Crippen LogP contribution in [-0.4, -0.2) is 48.0 Å². The van der Waals surface area contributed by atoms with Gasteiger partial charge in [-0.05, 0) is 42.6 Å². The molecule has 2 atom stereocenters. The van der Waals surface area contributed by atoms with Gasteiger partial charge in [-0.3, -0.25) is 14.7 Å². The fourth-order valence-electron chi connectivity index (χ4n) is 3.97. The fraction of sp³-hybridized carbons (Fsp3) is 0.304. The molecule has 0 bridgehead atoms. The SMILES string of the molecule is C[C@H](NC(=O)c1cccnc1)[C@@H](c1cccs1)N1CCN(c2ccccc2)CC1. The van der Waals surface area contributed by atoms with Crippen LogP contribution in [0.3, 0.4) is 0 Å². The molecule has 0 saturated carbocycles. The topological polar surface area (TPSA) is 48.5 Å². The predicted molar refractivity (Wildman–Crippen MR) is 118 cm³/mol. The summed E-state index contributed by atoms with van der Waals surface area (Å²) in [5, 5.41) is 5.31. The first-order chi connectivity index (χ1) is 14.2. The maximum Gasteiger partial charge on any atom is 0.253 e. The van der Waals surface area contributed by atoms with Gasteiger partial charge in [-0.15, -0.1) is 11.3 Å². The van der Waals surface area contributed by atoms with E-state index in [0.717, 1.165) is 26.2 Å². The second-order valence-electron chi connectivity index (χ2n) is 7.32. The molecule has 29 heavy (non-hydrogen) atoms. The summed E-state index contributed by atoms with van der Waals surface area (Å²) in [4.78, 5) is 23.0. The number of nitrogens with one attached hydrogen (secondary N) is 1. The third kappa shape index (κ3) is 4.66. The highest BCUT2D eigenvalue weighted by Gasteiger charge is 2.31. The molecule has 1 aliphatic heterocycles. The number of piperazine rings is 1. The Morgan fingerprint density at radius 3 is 2.48 bits per heavy atom. The molecule has 0 radical (unpaired) electrons. The minimum absolute atomic E-state index is 0.00960. The van der Waals surface area contributed by atoms with Gasteiger partial charge in [0.15, 0.2) is 0 Å². The largest absolute Gasteiger partial charge is 0.369 e. The lowest BCUT2D eigenvalue weighted by Gasteiger charge is -2.42. The summed E-state index contributed by atoms with van der Waals surface area (Å²) in [6.45, 7) is 5.99. The van der Waals surface area contributed by atoms with Crippen LogP contribution in [0.5, 0.6) is 0 Å². The smallest absolute Gasteiger partial charge is 0.253 e. The summed E-state index contributed by atoms with van der Waals surface area (Å²) < 4.78 is 0. The van der Waals surface area contributed by atoms with Gasteiger partial charge in [0.2, 0.25) is 0 Å². The number of nitrogens with zero attached hydrogens (tertiary/aromatic N) is 3. The summed E-state index contributed by atoms with van der Waals surface area (Å²) in [6.07, 6.45) is 3.29. The van der Waals surface area contributed by atoms with Crippen molar-refractivity contribution in [2.75, 3.05) is 31.1 Å². The molecule has 6 heteroatoms. The van der Waals surface area contributed by atoms with E-state index in [0.29, 0.717) is 5.56 Å². The maximum atomic E-state index is 12.7. The monoisotopic (exact) mass is 406 g/mol. The van der Waals surface area contributed by atoms with E-state index in [1.165, 1.54) is 10.6 Å². The molecule has 0 spiro atoms. The van der Waals surface area contributed by atoms with Crippen molar-refractivity contribution < 1.29 is 4.79 Å². The van der Waals surface area contributed by atoms with Crippen molar-refractivity contribution >= 4 is 22.9 Å². The van der Waals surface area contributed by atoms with E-state index >= 15 is 0 Å². The van der Waals surface area contributed by atoms with Gasteiger partial charge in [0.1, 0.15) is 0 Å². The molecule has 3 heterocycles. The van der Waals surface area contributed by atoms with Crippen LogP contribution in [0.25, 0.3) is 0 Å². The van der Waals surface area contributed by atoms with E-state index in [4.69, 9.17) is 0 Å². The minimum Gasteiger partial charge on any atom is -0.369 e. The fourth-order valence-corrected chi connectivity index (χ4v) is 4.93.